The maximum atomic E-state index is 5.84. The molecule has 0 bridgehead atoms. The van der Waals surface area contributed by atoms with Crippen molar-refractivity contribution >= 4 is 31.9 Å². The van der Waals surface area contributed by atoms with Crippen LogP contribution in [0.25, 0.3) is 0 Å². The highest BCUT2D eigenvalue weighted by atomic mass is 79.9. The summed E-state index contributed by atoms with van der Waals surface area (Å²) in [6, 6.07) is 12.2. The molecule has 0 aliphatic rings. The van der Waals surface area contributed by atoms with Crippen molar-refractivity contribution in [3.63, 3.8) is 0 Å². The van der Waals surface area contributed by atoms with E-state index in [1.54, 1.807) is 0 Å². The minimum absolute atomic E-state index is 0.571. The lowest BCUT2D eigenvalue weighted by Gasteiger charge is -2.11. The predicted octanol–water partition coefficient (Wildman–Crippen LogP) is 5.41. The van der Waals surface area contributed by atoms with Gasteiger partial charge in [-0.25, -0.2) is 0 Å². The van der Waals surface area contributed by atoms with Crippen LogP contribution in [-0.4, -0.2) is 0 Å². The van der Waals surface area contributed by atoms with Crippen molar-refractivity contribution in [3.05, 3.63) is 62.0 Å². The molecule has 0 N–H and O–H groups in total. The molecular weight excluding hydrogens is 356 g/mol. The molecule has 0 aromatic heterocycles. The zero-order valence-electron chi connectivity index (χ0n) is 10.3. The van der Waals surface area contributed by atoms with Crippen molar-refractivity contribution in [2.24, 2.45) is 0 Å². The Balaban J connectivity index is 2.14. The summed E-state index contributed by atoms with van der Waals surface area (Å²) in [7, 11) is 0. The lowest BCUT2D eigenvalue weighted by molar-refractivity contribution is 0.305. The number of hydrogen-bond acceptors (Lipinski definition) is 1. The molecule has 0 heterocycles. The Morgan fingerprint density at radius 3 is 2.22 bits per heavy atom. The van der Waals surface area contributed by atoms with Crippen molar-refractivity contribution in [2.45, 2.75) is 20.5 Å². The van der Waals surface area contributed by atoms with Crippen molar-refractivity contribution in [1.82, 2.24) is 0 Å². The quantitative estimate of drug-likeness (QED) is 0.703. The van der Waals surface area contributed by atoms with E-state index in [4.69, 9.17) is 4.74 Å². The topological polar surface area (TPSA) is 9.23 Å². The average molecular weight is 370 g/mol. The molecule has 2 rings (SSSR count). The summed E-state index contributed by atoms with van der Waals surface area (Å²) >= 11 is 7.08. The van der Waals surface area contributed by atoms with Crippen LogP contribution in [0.3, 0.4) is 0 Å². The number of rotatable bonds is 3. The van der Waals surface area contributed by atoms with Crippen molar-refractivity contribution in [3.8, 4) is 5.75 Å². The molecule has 2 aromatic carbocycles. The molecule has 0 spiro atoms. The van der Waals surface area contributed by atoms with E-state index in [0.29, 0.717) is 6.61 Å². The summed E-state index contributed by atoms with van der Waals surface area (Å²) in [5, 5.41) is 0. The second-order valence-electron chi connectivity index (χ2n) is 4.25. The van der Waals surface area contributed by atoms with E-state index in [9.17, 15) is 0 Å². The van der Waals surface area contributed by atoms with E-state index in [1.165, 1.54) is 11.1 Å². The van der Waals surface area contributed by atoms with Crippen LogP contribution in [-0.2, 0) is 6.61 Å². The molecule has 0 aliphatic heterocycles. The van der Waals surface area contributed by atoms with E-state index in [2.05, 4.69) is 51.8 Å². The first kappa shape index (κ1) is 13.6. The molecule has 0 amide bonds. The Labute approximate surface area is 124 Å². The number of ether oxygens (including phenoxy) is 1. The zero-order chi connectivity index (χ0) is 13.1. The second-order valence-corrected chi connectivity index (χ2v) is 5.90. The number of hydrogen-bond donors (Lipinski definition) is 0. The van der Waals surface area contributed by atoms with Gasteiger partial charge < -0.3 is 4.74 Å². The third kappa shape index (κ3) is 3.15. The Bertz CT molecular complexity index is 541. The van der Waals surface area contributed by atoms with Crippen LogP contribution in [0.1, 0.15) is 16.7 Å². The third-order valence-electron chi connectivity index (χ3n) is 2.76. The Kier molecular flexibility index (Phi) is 4.46. The van der Waals surface area contributed by atoms with Crippen LogP contribution in [0, 0.1) is 13.8 Å². The molecule has 0 unspecified atom stereocenters. The average Bonchev–Trinajstić information content (AvgIpc) is 2.35. The van der Waals surface area contributed by atoms with Crippen molar-refractivity contribution < 1.29 is 4.74 Å². The first-order valence-corrected chi connectivity index (χ1v) is 7.29. The smallest absolute Gasteiger partial charge is 0.120 e. The molecule has 94 valence electrons. The summed E-state index contributed by atoms with van der Waals surface area (Å²) in [5.41, 5.74) is 3.53. The van der Waals surface area contributed by atoms with E-state index < -0.39 is 0 Å². The SMILES string of the molecule is Cc1cc(OCc2ccccc2Br)cc(C)c1Br. The van der Waals surface area contributed by atoms with Gasteiger partial charge in [0.05, 0.1) is 0 Å². The molecule has 0 saturated carbocycles. The normalized spacial score (nSPS) is 10.4. The molecule has 0 atom stereocenters. The van der Waals surface area contributed by atoms with E-state index in [-0.39, 0.29) is 0 Å². The molecule has 0 aliphatic carbocycles. The lowest BCUT2D eigenvalue weighted by atomic mass is 10.1. The fraction of sp³-hybridized carbons (Fsp3) is 0.200. The molecule has 0 saturated heterocycles. The standard InChI is InChI=1S/C15H14Br2O/c1-10-7-13(8-11(2)15(10)17)18-9-12-5-3-4-6-14(12)16/h3-8H,9H2,1-2H3. The minimum atomic E-state index is 0.571. The van der Waals surface area contributed by atoms with Gasteiger partial charge in [-0.15, -0.1) is 0 Å². The van der Waals surface area contributed by atoms with Crippen LogP contribution in [0.5, 0.6) is 5.75 Å². The van der Waals surface area contributed by atoms with Crippen LogP contribution in [0.4, 0.5) is 0 Å². The van der Waals surface area contributed by atoms with E-state index >= 15 is 0 Å². The molecular formula is C15H14Br2O. The largest absolute Gasteiger partial charge is 0.489 e. The molecule has 18 heavy (non-hydrogen) atoms. The van der Waals surface area contributed by atoms with Crippen LogP contribution in [0.15, 0.2) is 45.3 Å². The Hall–Kier alpha value is -0.800. The maximum Gasteiger partial charge on any atom is 0.120 e. The summed E-state index contributed by atoms with van der Waals surface area (Å²) < 4.78 is 8.07. The lowest BCUT2D eigenvalue weighted by Crippen LogP contribution is -1.97. The van der Waals surface area contributed by atoms with E-state index in [1.807, 2.05) is 30.3 Å². The number of benzene rings is 2. The van der Waals surface area contributed by atoms with Crippen molar-refractivity contribution in [1.29, 1.82) is 0 Å². The molecule has 0 fully saturated rings. The second kappa shape index (κ2) is 5.89. The first-order chi connectivity index (χ1) is 8.58. The van der Waals surface area contributed by atoms with Gasteiger partial charge in [-0.1, -0.05) is 50.1 Å². The van der Waals surface area contributed by atoms with Gasteiger partial charge in [0.1, 0.15) is 12.4 Å². The fourth-order valence-electron chi connectivity index (χ4n) is 1.77. The van der Waals surface area contributed by atoms with Crippen LogP contribution in [0.2, 0.25) is 0 Å². The Morgan fingerprint density at radius 2 is 1.61 bits per heavy atom. The summed E-state index contributed by atoms with van der Waals surface area (Å²) in [4.78, 5) is 0. The van der Waals surface area contributed by atoms with Gasteiger partial charge in [0, 0.05) is 14.5 Å². The first-order valence-electron chi connectivity index (χ1n) is 5.71. The maximum absolute atomic E-state index is 5.84. The summed E-state index contributed by atoms with van der Waals surface area (Å²) in [5.74, 6) is 0.906. The van der Waals surface area contributed by atoms with Gasteiger partial charge in [0.15, 0.2) is 0 Å². The highest BCUT2D eigenvalue weighted by molar-refractivity contribution is 9.10. The molecule has 0 radical (unpaired) electrons. The molecule has 1 nitrogen and oxygen atoms in total. The number of aryl methyl sites for hydroxylation is 2. The van der Waals surface area contributed by atoms with Gasteiger partial charge in [0.25, 0.3) is 0 Å². The van der Waals surface area contributed by atoms with Gasteiger partial charge in [-0.2, -0.15) is 0 Å². The van der Waals surface area contributed by atoms with Gasteiger partial charge >= 0.3 is 0 Å². The van der Waals surface area contributed by atoms with Crippen LogP contribution < -0.4 is 4.74 Å². The summed E-state index contributed by atoms with van der Waals surface area (Å²) in [6.45, 7) is 4.71. The Morgan fingerprint density at radius 1 is 1.00 bits per heavy atom. The predicted molar refractivity (Wildman–Crippen MR) is 82.1 cm³/mol. The van der Waals surface area contributed by atoms with Crippen molar-refractivity contribution in [2.75, 3.05) is 0 Å². The highest BCUT2D eigenvalue weighted by Crippen LogP contribution is 2.27. The van der Waals surface area contributed by atoms with Gasteiger partial charge in [-0.3, -0.25) is 0 Å². The zero-order valence-corrected chi connectivity index (χ0v) is 13.5. The van der Waals surface area contributed by atoms with Gasteiger partial charge in [-0.05, 0) is 43.2 Å². The minimum Gasteiger partial charge on any atom is -0.489 e. The molecule has 2 aromatic rings. The third-order valence-corrected chi connectivity index (χ3v) is 4.79. The van der Waals surface area contributed by atoms with Gasteiger partial charge in [0.2, 0.25) is 0 Å². The molecule has 3 heteroatoms. The van der Waals surface area contributed by atoms with E-state index in [0.717, 1.165) is 20.3 Å². The fourth-order valence-corrected chi connectivity index (χ4v) is 2.39. The monoisotopic (exact) mass is 368 g/mol. The summed E-state index contributed by atoms with van der Waals surface area (Å²) in [6.07, 6.45) is 0. The van der Waals surface area contributed by atoms with Crippen LogP contribution >= 0.6 is 31.9 Å². The highest BCUT2D eigenvalue weighted by Gasteiger charge is 2.04. The number of halogens is 2.